The van der Waals surface area contributed by atoms with Crippen molar-refractivity contribution in [2.45, 2.75) is 63.1 Å². The number of ether oxygens (including phenoxy) is 1. The van der Waals surface area contributed by atoms with E-state index in [1.165, 1.54) is 0 Å². The predicted molar refractivity (Wildman–Crippen MR) is 112 cm³/mol. The van der Waals surface area contributed by atoms with E-state index in [1.807, 2.05) is 0 Å². The number of halogens is 6. The zero-order valence-electron chi connectivity index (χ0n) is 18.0. The molecule has 2 fully saturated rings. The molecule has 12 heteroatoms. The van der Waals surface area contributed by atoms with E-state index in [9.17, 15) is 32.0 Å². The molecule has 34 heavy (non-hydrogen) atoms. The highest BCUT2D eigenvalue weighted by molar-refractivity contribution is 6.35. The molecule has 2 aromatic rings. The molecule has 0 atom stereocenters. The van der Waals surface area contributed by atoms with Crippen LogP contribution in [-0.2, 0) is 17.3 Å². The standard InChI is InChI=1S/C22H22ClF5N4O2/c23-18-14(20(33)30-13-3-7-34-8-4-13)10-17-31-19(22(26,27)28)15(32(17)16(18)11-29)9-12-1-5-21(24,25)6-2-12/h10,12-13H,1-9H2,(H,30,33). The molecule has 0 unspecified atom stereocenters. The molecular weight excluding hydrogens is 483 g/mol. The Kier molecular flexibility index (Phi) is 6.75. The van der Waals surface area contributed by atoms with E-state index >= 15 is 0 Å². The predicted octanol–water partition coefficient (Wildman–Crippen LogP) is 5.15. The Balaban J connectivity index is 1.75. The summed E-state index contributed by atoms with van der Waals surface area (Å²) < 4.78 is 74.9. The fraction of sp³-hybridized carbons (Fsp3) is 0.591. The maximum Gasteiger partial charge on any atom is 0.435 e. The van der Waals surface area contributed by atoms with E-state index in [0.29, 0.717) is 26.1 Å². The van der Waals surface area contributed by atoms with E-state index in [-0.39, 0.29) is 52.9 Å². The number of pyridine rings is 1. The van der Waals surface area contributed by atoms with E-state index in [0.717, 1.165) is 10.5 Å². The van der Waals surface area contributed by atoms with Crippen LogP contribution in [-0.4, -0.2) is 40.5 Å². The molecule has 1 aliphatic carbocycles. The van der Waals surface area contributed by atoms with Crippen LogP contribution < -0.4 is 5.32 Å². The van der Waals surface area contributed by atoms with Gasteiger partial charge in [-0.2, -0.15) is 18.4 Å². The largest absolute Gasteiger partial charge is 0.435 e. The van der Waals surface area contributed by atoms with Gasteiger partial charge in [-0.15, -0.1) is 0 Å². The van der Waals surface area contributed by atoms with Gasteiger partial charge < -0.3 is 10.1 Å². The summed E-state index contributed by atoms with van der Waals surface area (Å²) in [5.74, 6) is -3.87. The summed E-state index contributed by atoms with van der Waals surface area (Å²) in [5, 5.41) is 12.2. The number of hydrogen-bond acceptors (Lipinski definition) is 4. The van der Waals surface area contributed by atoms with Gasteiger partial charge >= 0.3 is 6.18 Å². The van der Waals surface area contributed by atoms with Crippen molar-refractivity contribution in [3.05, 3.63) is 33.7 Å². The van der Waals surface area contributed by atoms with E-state index < -0.39 is 42.5 Å². The number of nitrogens with one attached hydrogen (secondary N) is 1. The van der Waals surface area contributed by atoms with Gasteiger partial charge in [-0.1, -0.05) is 11.6 Å². The number of aromatic nitrogens is 2. The highest BCUT2D eigenvalue weighted by Gasteiger charge is 2.41. The number of amides is 1. The summed E-state index contributed by atoms with van der Waals surface area (Å²) in [7, 11) is 0. The minimum absolute atomic E-state index is 0.0543. The highest BCUT2D eigenvalue weighted by atomic mass is 35.5. The highest BCUT2D eigenvalue weighted by Crippen LogP contribution is 2.40. The van der Waals surface area contributed by atoms with Crippen LogP contribution >= 0.6 is 11.6 Å². The monoisotopic (exact) mass is 504 g/mol. The molecule has 1 saturated heterocycles. The van der Waals surface area contributed by atoms with E-state index in [4.69, 9.17) is 16.3 Å². The third-order valence-corrected chi connectivity index (χ3v) is 6.82. The summed E-state index contributed by atoms with van der Waals surface area (Å²) in [6, 6.07) is 2.74. The maximum atomic E-state index is 13.9. The number of imidazole rings is 1. The van der Waals surface area contributed by atoms with Crippen LogP contribution in [0.15, 0.2) is 6.07 Å². The molecule has 0 aromatic carbocycles. The molecule has 0 spiro atoms. The molecule has 1 aliphatic heterocycles. The molecule has 1 saturated carbocycles. The Morgan fingerprint density at radius 1 is 1.26 bits per heavy atom. The minimum Gasteiger partial charge on any atom is -0.381 e. The van der Waals surface area contributed by atoms with Gasteiger partial charge in [0.15, 0.2) is 5.69 Å². The van der Waals surface area contributed by atoms with E-state index in [1.54, 1.807) is 6.07 Å². The molecule has 2 aromatic heterocycles. The van der Waals surface area contributed by atoms with Crippen LogP contribution in [0.3, 0.4) is 0 Å². The number of carbonyl (C=O) groups excluding carboxylic acids is 1. The van der Waals surface area contributed by atoms with Gasteiger partial charge in [-0.05, 0) is 44.1 Å². The lowest BCUT2D eigenvalue weighted by Gasteiger charge is -2.28. The molecule has 0 bridgehead atoms. The smallest absolute Gasteiger partial charge is 0.381 e. The fourth-order valence-corrected chi connectivity index (χ4v) is 4.87. The Morgan fingerprint density at radius 3 is 2.50 bits per heavy atom. The van der Waals surface area contributed by atoms with Gasteiger partial charge in [0.2, 0.25) is 5.92 Å². The number of hydrogen-bond donors (Lipinski definition) is 1. The Bertz CT molecular complexity index is 1130. The van der Waals surface area contributed by atoms with Crippen molar-refractivity contribution in [1.82, 2.24) is 14.7 Å². The van der Waals surface area contributed by atoms with Crippen LogP contribution in [0.4, 0.5) is 22.0 Å². The average molecular weight is 505 g/mol. The van der Waals surface area contributed by atoms with Crippen LogP contribution in [0.2, 0.25) is 5.02 Å². The number of carbonyl (C=O) groups is 1. The topological polar surface area (TPSA) is 79.4 Å². The first-order valence-corrected chi connectivity index (χ1v) is 11.4. The van der Waals surface area contributed by atoms with Gasteiger partial charge in [-0.25, -0.2) is 13.8 Å². The maximum absolute atomic E-state index is 13.9. The molecule has 1 amide bonds. The summed E-state index contributed by atoms with van der Waals surface area (Å²) >= 11 is 6.34. The number of alkyl halides is 5. The van der Waals surface area contributed by atoms with Crippen molar-refractivity contribution in [3.8, 4) is 6.07 Å². The molecule has 6 nitrogen and oxygen atoms in total. The van der Waals surface area contributed by atoms with Crippen LogP contribution in [0.5, 0.6) is 0 Å². The first-order valence-electron chi connectivity index (χ1n) is 11.0. The summed E-state index contributed by atoms with van der Waals surface area (Å²) in [5.41, 5.74) is -2.27. The van der Waals surface area contributed by atoms with Crippen molar-refractivity contribution in [1.29, 1.82) is 5.26 Å². The molecular formula is C22H22ClF5N4O2. The molecule has 4 rings (SSSR count). The summed E-state index contributed by atoms with van der Waals surface area (Å²) in [6.45, 7) is 0.930. The number of nitrogens with zero attached hydrogens (tertiary/aromatic N) is 3. The van der Waals surface area contributed by atoms with Crippen molar-refractivity contribution < 1.29 is 31.5 Å². The zero-order valence-corrected chi connectivity index (χ0v) is 18.8. The van der Waals surface area contributed by atoms with Crippen LogP contribution in [0.25, 0.3) is 5.65 Å². The van der Waals surface area contributed by atoms with Crippen molar-refractivity contribution in [2.24, 2.45) is 5.92 Å². The van der Waals surface area contributed by atoms with Gasteiger partial charge in [0, 0.05) is 32.1 Å². The normalized spacial score (nSPS) is 19.8. The molecule has 1 N–H and O–H groups in total. The van der Waals surface area contributed by atoms with Crippen molar-refractivity contribution in [2.75, 3.05) is 13.2 Å². The SMILES string of the molecule is N#Cc1c(Cl)c(C(=O)NC2CCOCC2)cc2nc(C(F)(F)F)c(CC3CCC(F)(F)CC3)n12. The summed E-state index contributed by atoms with van der Waals surface area (Å²) in [6.07, 6.45) is -4.59. The lowest BCUT2D eigenvalue weighted by atomic mass is 9.83. The van der Waals surface area contributed by atoms with Crippen molar-refractivity contribution >= 4 is 23.2 Å². The van der Waals surface area contributed by atoms with Crippen LogP contribution in [0, 0.1) is 17.2 Å². The van der Waals surface area contributed by atoms with Crippen molar-refractivity contribution in [3.63, 3.8) is 0 Å². The number of nitriles is 1. The first kappa shape index (κ1) is 24.7. The molecule has 2 aliphatic rings. The Hall–Kier alpha value is -2.45. The second kappa shape index (κ2) is 9.30. The summed E-state index contributed by atoms with van der Waals surface area (Å²) in [4.78, 5) is 16.5. The second-order valence-corrected chi connectivity index (χ2v) is 9.17. The third-order valence-electron chi connectivity index (χ3n) is 6.43. The Labute approximate surface area is 197 Å². The molecule has 184 valence electrons. The molecule has 3 heterocycles. The molecule has 0 radical (unpaired) electrons. The fourth-order valence-electron chi connectivity index (χ4n) is 4.60. The average Bonchev–Trinajstić information content (AvgIpc) is 3.14. The zero-order chi connectivity index (χ0) is 24.7. The number of fused-ring (bicyclic) bond motifs is 1. The lowest BCUT2D eigenvalue weighted by molar-refractivity contribution is -0.141. The van der Waals surface area contributed by atoms with Gasteiger partial charge in [0.1, 0.15) is 17.4 Å². The quantitative estimate of drug-likeness (QED) is 0.584. The van der Waals surface area contributed by atoms with Gasteiger partial charge in [0.05, 0.1) is 16.3 Å². The van der Waals surface area contributed by atoms with Crippen LogP contribution in [0.1, 0.15) is 66.0 Å². The number of rotatable bonds is 4. The van der Waals surface area contributed by atoms with E-state index in [2.05, 4.69) is 10.3 Å². The second-order valence-electron chi connectivity index (χ2n) is 8.79. The third kappa shape index (κ3) is 4.98. The Morgan fingerprint density at radius 2 is 1.91 bits per heavy atom. The minimum atomic E-state index is -4.84. The lowest BCUT2D eigenvalue weighted by Crippen LogP contribution is -2.39. The van der Waals surface area contributed by atoms with Gasteiger partial charge in [0.25, 0.3) is 5.91 Å². The van der Waals surface area contributed by atoms with Gasteiger partial charge in [-0.3, -0.25) is 9.20 Å². The first-order chi connectivity index (χ1) is 16.0.